The quantitative estimate of drug-likeness (QED) is 0.332. The monoisotopic (exact) mass is 551 g/mol. The second-order valence-electron chi connectivity index (χ2n) is 8.31. The van der Waals surface area contributed by atoms with Crippen molar-refractivity contribution >= 4 is 31.9 Å². The molecule has 2 atom stereocenters. The van der Waals surface area contributed by atoms with Crippen LogP contribution < -0.4 is 17.0 Å². The molecule has 3 aliphatic rings. The highest BCUT2D eigenvalue weighted by Crippen LogP contribution is 2.59. The van der Waals surface area contributed by atoms with Crippen molar-refractivity contribution in [3.63, 3.8) is 0 Å². The third-order valence-electron chi connectivity index (χ3n) is 6.91. The van der Waals surface area contributed by atoms with Crippen LogP contribution in [-0.4, -0.2) is 0 Å². The Labute approximate surface area is 205 Å². The summed E-state index contributed by atoms with van der Waals surface area (Å²) < 4.78 is 4.76. The van der Waals surface area contributed by atoms with Crippen LogP contribution in [0.25, 0.3) is 0 Å². The van der Waals surface area contributed by atoms with E-state index in [0.717, 1.165) is 15.4 Å². The Balaban J connectivity index is 0.00000204. The molecular weight excluding hydrogens is 534 g/mol. The summed E-state index contributed by atoms with van der Waals surface area (Å²) in [7, 11) is 0. The van der Waals surface area contributed by atoms with Crippen LogP contribution in [0.1, 0.15) is 46.3 Å². The number of benzene rings is 3. The fourth-order valence-electron chi connectivity index (χ4n) is 5.80. The Morgan fingerprint density at radius 1 is 0.710 bits per heavy atom. The van der Waals surface area contributed by atoms with Gasteiger partial charge in [-0.2, -0.15) is 4.57 Å². The Bertz CT molecular complexity index is 1190. The lowest BCUT2D eigenvalue weighted by Gasteiger charge is -2.50. The minimum absolute atomic E-state index is 0. The molecule has 2 bridgehead atoms. The summed E-state index contributed by atoms with van der Waals surface area (Å²) in [6.45, 7) is 0. The van der Waals surface area contributed by atoms with E-state index in [0.29, 0.717) is 6.04 Å². The van der Waals surface area contributed by atoms with Crippen LogP contribution in [0.3, 0.4) is 0 Å². The van der Waals surface area contributed by atoms with Gasteiger partial charge >= 0.3 is 0 Å². The summed E-state index contributed by atoms with van der Waals surface area (Å²) >= 11 is 7.48. The van der Waals surface area contributed by atoms with E-state index < -0.39 is 0 Å². The van der Waals surface area contributed by atoms with Gasteiger partial charge in [-0.05, 0) is 41.0 Å². The van der Waals surface area contributed by atoms with Gasteiger partial charge in [0.05, 0.1) is 5.92 Å². The fourth-order valence-corrected chi connectivity index (χ4v) is 6.60. The molecule has 1 aliphatic carbocycles. The molecule has 0 fully saturated rings. The largest absolute Gasteiger partial charge is 1.00 e. The van der Waals surface area contributed by atoms with Crippen molar-refractivity contribution in [1.29, 1.82) is 0 Å². The number of rotatable bonds is 2. The van der Waals surface area contributed by atoms with Gasteiger partial charge in [0.15, 0.2) is 17.9 Å². The van der Waals surface area contributed by atoms with Gasteiger partial charge in [-0.1, -0.05) is 86.5 Å². The van der Waals surface area contributed by atoms with Crippen molar-refractivity contribution in [1.82, 2.24) is 0 Å². The van der Waals surface area contributed by atoms with Crippen molar-refractivity contribution in [2.24, 2.45) is 0 Å². The van der Waals surface area contributed by atoms with Gasteiger partial charge in [-0.3, -0.25) is 0 Å². The molecule has 3 aromatic carbocycles. The van der Waals surface area contributed by atoms with Crippen LogP contribution >= 0.6 is 31.9 Å². The van der Waals surface area contributed by atoms with Crippen LogP contribution in [-0.2, 0) is 5.41 Å². The summed E-state index contributed by atoms with van der Waals surface area (Å²) in [5.74, 6) is 0.253. The molecule has 0 saturated carbocycles. The number of fused-ring (bicyclic) bond motifs is 1. The fraction of sp³-hybridized carbons (Fsp3) is 0.148. The molecule has 0 saturated heterocycles. The zero-order valence-corrected chi connectivity index (χ0v) is 20.6. The summed E-state index contributed by atoms with van der Waals surface area (Å²) in [4.78, 5) is 0. The highest BCUT2D eigenvalue weighted by molar-refractivity contribution is 9.10. The van der Waals surface area contributed by atoms with Crippen molar-refractivity contribution in [2.75, 3.05) is 0 Å². The molecule has 0 spiro atoms. The number of pyridine rings is 1. The second kappa shape index (κ2) is 7.88. The predicted molar refractivity (Wildman–Crippen MR) is 127 cm³/mol. The molecule has 2 unspecified atom stereocenters. The smallest absolute Gasteiger partial charge is 0.190 e. The molecule has 31 heavy (non-hydrogen) atoms. The SMILES string of the molecule is Brc1cccc(C2(c3cccc(Br)c3)CC3c4ccccc4C2c2cccc[n+]23)c1.[Cl-]. The van der Waals surface area contributed by atoms with Crippen molar-refractivity contribution in [2.45, 2.75) is 23.8 Å². The van der Waals surface area contributed by atoms with Crippen LogP contribution in [0.2, 0.25) is 0 Å². The Kier molecular flexibility index (Phi) is 5.32. The molecule has 4 aromatic rings. The lowest BCUT2D eigenvalue weighted by atomic mass is 9.53. The van der Waals surface area contributed by atoms with Gasteiger partial charge in [0, 0.05) is 38.5 Å². The van der Waals surface area contributed by atoms with Gasteiger partial charge in [0.1, 0.15) is 0 Å². The average molecular weight is 554 g/mol. The van der Waals surface area contributed by atoms with Crippen LogP contribution in [0.15, 0.2) is 106 Å². The highest BCUT2D eigenvalue weighted by Gasteiger charge is 2.59. The molecule has 0 radical (unpaired) electrons. The normalized spacial score (nSPS) is 19.8. The first-order chi connectivity index (χ1) is 14.7. The first kappa shape index (κ1) is 20.9. The molecule has 1 aromatic heterocycles. The maximum atomic E-state index is 3.74. The maximum absolute atomic E-state index is 3.74. The third kappa shape index (κ3) is 3.05. The molecule has 0 amide bonds. The minimum atomic E-state index is -0.131. The average Bonchev–Trinajstić information content (AvgIpc) is 2.79. The highest BCUT2D eigenvalue weighted by atomic mass is 79.9. The molecular formula is C27H20Br2ClN. The zero-order valence-electron chi connectivity index (χ0n) is 16.7. The Morgan fingerprint density at radius 2 is 1.32 bits per heavy atom. The third-order valence-corrected chi connectivity index (χ3v) is 7.89. The van der Waals surface area contributed by atoms with Crippen molar-refractivity contribution in [3.05, 3.63) is 134 Å². The van der Waals surface area contributed by atoms with E-state index in [1.165, 1.54) is 27.9 Å². The molecule has 4 heteroatoms. The standard InChI is InChI=1S/C27H20Br2N.ClH/c28-20-9-5-7-18(15-20)27(19-8-6-10-21(29)16-19)17-25-22-11-1-2-12-23(22)26(27)24-13-3-4-14-30(24)25;/h1-16,25-26H,17H2;1H/q+1;/p-1. The number of halogens is 3. The molecule has 7 rings (SSSR count). The van der Waals surface area contributed by atoms with Gasteiger partial charge in [-0.25, -0.2) is 0 Å². The lowest BCUT2D eigenvalue weighted by molar-refractivity contribution is -0.732. The van der Waals surface area contributed by atoms with Crippen molar-refractivity contribution in [3.8, 4) is 0 Å². The van der Waals surface area contributed by atoms with E-state index in [4.69, 9.17) is 0 Å². The first-order valence-corrected chi connectivity index (χ1v) is 11.9. The minimum Gasteiger partial charge on any atom is -1.00 e. The van der Waals surface area contributed by atoms with Gasteiger partial charge in [-0.15, -0.1) is 0 Å². The van der Waals surface area contributed by atoms with E-state index >= 15 is 0 Å². The number of hydrogen-bond acceptors (Lipinski definition) is 0. The second-order valence-corrected chi connectivity index (χ2v) is 10.1. The van der Waals surface area contributed by atoms with Gasteiger partial charge in [0.2, 0.25) is 0 Å². The molecule has 3 heterocycles. The number of aromatic nitrogens is 1. The number of hydrogen-bond donors (Lipinski definition) is 0. The summed E-state index contributed by atoms with van der Waals surface area (Å²) in [6, 6.07) is 33.9. The first-order valence-electron chi connectivity index (χ1n) is 10.3. The molecule has 2 aliphatic heterocycles. The number of nitrogens with zero attached hydrogens (tertiary/aromatic N) is 1. The van der Waals surface area contributed by atoms with Gasteiger partial charge in [0.25, 0.3) is 0 Å². The Hall–Kier alpha value is -1.94. The summed E-state index contributed by atoms with van der Waals surface area (Å²) in [6.07, 6.45) is 3.30. The van der Waals surface area contributed by atoms with Gasteiger partial charge < -0.3 is 12.4 Å². The van der Waals surface area contributed by atoms with Crippen molar-refractivity contribution < 1.29 is 17.0 Å². The summed E-state index contributed by atoms with van der Waals surface area (Å²) in [5, 5.41) is 0. The van der Waals surface area contributed by atoms with Crippen LogP contribution in [0, 0.1) is 0 Å². The van der Waals surface area contributed by atoms with E-state index in [9.17, 15) is 0 Å². The molecule has 154 valence electrons. The van der Waals surface area contributed by atoms with Crippen LogP contribution in [0.4, 0.5) is 0 Å². The van der Waals surface area contributed by atoms with E-state index in [1.807, 2.05) is 0 Å². The van der Waals surface area contributed by atoms with Crippen LogP contribution in [0.5, 0.6) is 0 Å². The summed E-state index contributed by atoms with van der Waals surface area (Å²) in [5.41, 5.74) is 6.93. The van der Waals surface area contributed by atoms with E-state index in [2.05, 4.69) is 134 Å². The van der Waals surface area contributed by atoms with E-state index in [-0.39, 0.29) is 23.7 Å². The molecule has 1 nitrogen and oxygen atoms in total. The zero-order chi connectivity index (χ0) is 20.3. The molecule has 0 N–H and O–H groups in total. The Morgan fingerprint density at radius 3 is 1.97 bits per heavy atom. The van der Waals surface area contributed by atoms with E-state index in [1.54, 1.807) is 0 Å². The predicted octanol–water partition coefficient (Wildman–Crippen LogP) is 3.93. The maximum Gasteiger partial charge on any atom is 0.190 e. The lowest BCUT2D eigenvalue weighted by Crippen LogP contribution is -3.00. The topological polar surface area (TPSA) is 3.88 Å².